The molecule has 0 radical (unpaired) electrons. The average Bonchev–Trinajstić information content (AvgIpc) is 2.74. The Hall–Kier alpha value is -3.69. The highest BCUT2D eigenvalue weighted by Gasteiger charge is 2.50. The zero-order valence-electron chi connectivity index (χ0n) is 17.8. The molecule has 182 valence electrons. The van der Waals surface area contributed by atoms with Gasteiger partial charge in [-0.15, -0.1) is 0 Å². The number of alkyl halides is 5. The molecule has 0 spiro atoms. The molecule has 0 saturated heterocycles. The van der Waals surface area contributed by atoms with Crippen molar-refractivity contribution in [3.63, 3.8) is 0 Å². The van der Waals surface area contributed by atoms with Gasteiger partial charge in [0.05, 0.1) is 36.9 Å². The Balaban J connectivity index is 2.63. The number of anilines is 1. The molecule has 7 nitrogen and oxygen atoms in total. The summed E-state index contributed by atoms with van der Waals surface area (Å²) >= 11 is 0. The highest BCUT2D eigenvalue weighted by molar-refractivity contribution is 6.43. The van der Waals surface area contributed by atoms with Gasteiger partial charge in [0, 0.05) is 17.7 Å². The molecule has 0 N–H and O–H groups in total. The molecule has 1 amide bonds. The maximum absolute atomic E-state index is 15.2. The van der Waals surface area contributed by atoms with E-state index in [1.165, 1.54) is 26.0 Å². The molecule has 1 aliphatic heterocycles. The van der Waals surface area contributed by atoms with Crippen LogP contribution in [0.2, 0.25) is 0 Å². The summed E-state index contributed by atoms with van der Waals surface area (Å²) in [6.45, 7) is 0.499. The Morgan fingerprint density at radius 2 is 1.88 bits per heavy atom. The number of benzene rings is 1. The lowest BCUT2D eigenvalue weighted by molar-refractivity contribution is -0.171. The summed E-state index contributed by atoms with van der Waals surface area (Å²) in [7, 11) is 0. The maximum atomic E-state index is 15.2. The summed E-state index contributed by atoms with van der Waals surface area (Å²) in [5, 5.41) is 9.16. The predicted molar refractivity (Wildman–Crippen MR) is 106 cm³/mol. The number of hydrogen-bond donors (Lipinski definition) is 0. The Morgan fingerprint density at radius 1 is 1.24 bits per heavy atom. The first-order chi connectivity index (χ1) is 15.7. The number of carbonyl (C=O) groups excluding carboxylic acids is 3. The molecule has 0 aromatic heterocycles. The van der Waals surface area contributed by atoms with Crippen LogP contribution in [-0.4, -0.2) is 48.6 Å². The van der Waals surface area contributed by atoms with Crippen LogP contribution in [0.5, 0.6) is 0 Å². The third kappa shape index (κ3) is 5.81. The number of esters is 1. The Morgan fingerprint density at radius 3 is 2.44 bits per heavy atom. The molecular formula is C21H17F6N3O4. The van der Waals surface area contributed by atoms with Gasteiger partial charge >= 0.3 is 24.0 Å². The Labute approximate surface area is 189 Å². The average molecular weight is 489 g/mol. The minimum absolute atomic E-state index is 0.00393. The molecule has 1 aliphatic rings. The molecule has 2 rings (SSSR count). The molecule has 0 unspecified atom stereocenters. The van der Waals surface area contributed by atoms with Gasteiger partial charge in [0.15, 0.2) is 17.3 Å². The summed E-state index contributed by atoms with van der Waals surface area (Å²) in [5.41, 5.74) is -3.87. The summed E-state index contributed by atoms with van der Waals surface area (Å²) in [6, 6.07) is 2.83. The van der Waals surface area contributed by atoms with E-state index in [0.717, 1.165) is 6.07 Å². The lowest BCUT2D eigenvalue weighted by Gasteiger charge is -2.30. The minimum Gasteiger partial charge on any atom is -0.466 e. The smallest absolute Gasteiger partial charge is 0.466 e. The fourth-order valence-corrected chi connectivity index (χ4v) is 3.05. The second-order valence-electron chi connectivity index (χ2n) is 7.05. The summed E-state index contributed by atoms with van der Waals surface area (Å²) < 4.78 is 89.4. The van der Waals surface area contributed by atoms with Crippen LogP contribution in [0, 0.1) is 17.1 Å². The van der Waals surface area contributed by atoms with E-state index in [9.17, 15) is 36.3 Å². The standard InChI is InChI=1S/C21H17F6N3O4/c1-3-34-16(32)8-13-12(9-28)5-6-14(17(13)22)30(19(33)21(25,26)27)10-20(23,24)18-15(31)7-4-11(2)29-18/h4-6H,3,7-8,10H2,1-2H3. The van der Waals surface area contributed by atoms with Crippen LogP contribution in [-0.2, 0) is 25.5 Å². The summed E-state index contributed by atoms with van der Waals surface area (Å²) in [5.74, 6) is -11.1. The lowest BCUT2D eigenvalue weighted by atomic mass is 10.0. The first kappa shape index (κ1) is 26.6. The van der Waals surface area contributed by atoms with E-state index in [1.54, 1.807) is 0 Å². The van der Waals surface area contributed by atoms with E-state index in [4.69, 9.17) is 5.26 Å². The van der Waals surface area contributed by atoms with Gasteiger partial charge in [-0.25, -0.2) is 9.38 Å². The van der Waals surface area contributed by atoms with E-state index in [0.29, 0.717) is 6.07 Å². The van der Waals surface area contributed by atoms with Crippen LogP contribution in [0.1, 0.15) is 31.4 Å². The van der Waals surface area contributed by atoms with Crippen LogP contribution < -0.4 is 4.90 Å². The molecule has 34 heavy (non-hydrogen) atoms. The number of ketones is 1. The number of carbonyl (C=O) groups is 3. The van der Waals surface area contributed by atoms with Crippen LogP contribution in [0.4, 0.5) is 32.0 Å². The molecule has 0 atom stereocenters. The largest absolute Gasteiger partial charge is 0.471 e. The minimum atomic E-state index is -5.70. The number of rotatable bonds is 7. The molecule has 1 heterocycles. The third-order valence-corrected chi connectivity index (χ3v) is 4.59. The predicted octanol–water partition coefficient (Wildman–Crippen LogP) is 3.65. The van der Waals surface area contributed by atoms with Gasteiger partial charge in [-0.2, -0.15) is 27.2 Å². The third-order valence-electron chi connectivity index (χ3n) is 4.59. The van der Waals surface area contributed by atoms with E-state index in [-0.39, 0.29) is 12.3 Å². The zero-order chi connectivity index (χ0) is 25.8. The molecule has 0 aliphatic carbocycles. The lowest BCUT2D eigenvalue weighted by Crippen LogP contribution is -2.51. The Kier molecular flexibility index (Phi) is 7.86. The number of nitriles is 1. The number of allylic oxidation sites excluding steroid dienone is 2. The maximum Gasteiger partial charge on any atom is 0.471 e. The number of Topliss-reactive ketones (excluding diaryl/α,β-unsaturated/α-hetero) is 1. The van der Waals surface area contributed by atoms with Crippen molar-refractivity contribution in [3.05, 3.63) is 40.8 Å². The highest BCUT2D eigenvalue weighted by Crippen LogP contribution is 2.33. The molecule has 1 aromatic rings. The first-order valence-corrected chi connectivity index (χ1v) is 9.65. The molecular weight excluding hydrogens is 472 g/mol. The second kappa shape index (κ2) is 10.1. The van der Waals surface area contributed by atoms with Crippen molar-refractivity contribution in [2.45, 2.75) is 38.8 Å². The van der Waals surface area contributed by atoms with Crippen LogP contribution in [0.25, 0.3) is 0 Å². The quantitative estimate of drug-likeness (QED) is 0.430. The van der Waals surface area contributed by atoms with Crippen molar-refractivity contribution in [1.82, 2.24) is 0 Å². The van der Waals surface area contributed by atoms with Crippen molar-refractivity contribution < 1.29 is 45.5 Å². The zero-order valence-corrected chi connectivity index (χ0v) is 17.8. The van der Waals surface area contributed by atoms with Gasteiger partial charge in [-0.05, 0) is 26.0 Å². The van der Waals surface area contributed by atoms with Gasteiger partial charge in [-0.1, -0.05) is 6.08 Å². The Bertz CT molecular complexity index is 1120. The fraction of sp³-hybridized carbons (Fsp3) is 0.381. The molecule has 13 heteroatoms. The number of aliphatic imine (C=N–C) groups is 1. The molecule has 0 fully saturated rings. The van der Waals surface area contributed by atoms with Crippen molar-refractivity contribution in [2.24, 2.45) is 4.99 Å². The normalized spacial score (nSPS) is 14.1. The van der Waals surface area contributed by atoms with Gasteiger partial charge < -0.3 is 4.74 Å². The topological polar surface area (TPSA) is 99.8 Å². The number of nitrogens with zero attached hydrogens (tertiary/aromatic N) is 3. The number of halogens is 6. The molecule has 0 saturated carbocycles. The van der Waals surface area contributed by atoms with Crippen molar-refractivity contribution >= 4 is 29.1 Å². The van der Waals surface area contributed by atoms with Crippen molar-refractivity contribution in [1.29, 1.82) is 5.26 Å². The van der Waals surface area contributed by atoms with E-state index in [2.05, 4.69) is 9.73 Å². The van der Waals surface area contributed by atoms with E-state index >= 15 is 4.39 Å². The van der Waals surface area contributed by atoms with Crippen LogP contribution in [0.3, 0.4) is 0 Å². The molecule has 1 aromatic carbocycles. The van der Waals surface area contributed by atoms with E-state index < -0.39 is 82.4 Å². The number of amides is 1. The monoisotopic (exact) mass is 489 g/mol. The van der Waals surface area contributed by atoms with Gasteiger partial charge in [-0.3, -0.25) is 19.3 Å². The summed E-state index contributed by atoms with van der Waals surface area (Å²) in [4.78, 5) is 38.5. The van der Waals surface area contributed by atoms with Gasteiger partial charge in [0.2, 0.25) is 0 Å². The second-order valence-corrected chi connectivity index (χ2v) is 7.05. The number of hydrogen-bond acceptors (Lipinski definition) is 6. The fourth-order valence-electron chi connectivity index (χ4n) is 3.05. The van der Waals surface area contributed by atoms with Crippen LogP contribution in [0.15, 0.2) is 28.9 Å². The first-order valence-electron chi connectivity index (χ1n) is 9.65. The van der Waals surface area contributed by atoms with Crippen molar-refractivity contribution in [3.8, 4) is 6.07 Å². The number of ether oxygens (including phenoxy) is 1. The summed E-state index contributed by atoms with van der Waals surface area (Å²) in [6.07, 6.45) is -5.87. The van der Waals surface area contributed by atoms with Crippen LogP contribution >= 0.6 is 0 Å². The van der Waals surface area contributed by atoms with Gasteiger partial charge in [0.25, 0.3) is 0 Å². The highest BCUT2D eigenvalue weighted by atomic mass is 19.4. The molecule has 0 bridgehead atoms. The SMILES string of the molecule is CCOC(=O)Cc1c(C#N)ccc(N(CC(F)(F)C2=NC(C)=CCC2=O)C(=O)C(F)(F)F)c1F. The van der Waals surface area contributed by atoms with Crippen molar-refractivity contribution in [2.75, 3.05) is 18.1 Å². The van der Waals surface area contributed by atoms with E-state index in [1.807, 2.05) is 0 Å². The van der Waals surface area contributed by atoms with Gasteiger partial charge in [0.1, 0.15) is 0 Å².